The van der Waals surface area contributed by atoms with Crippen LogP contribution in [0.25, 0.3) is 0 Å². The summed E-state index contributed by atoms with van der Waals surface area (Å²) < 4.78 is 0. The molecule has 1 aliphatic carbocycles. The van der Waals surface area contributed by atoms with E-state index >= 15 is 0 Å². The van der Waals surface area contributed by atoms with E-state index in [1.165, 1.54) is 11.8 Å². The summed E-state index contributed by atoms with van der Waals surface area (Å²) in [4.78, 5) is 15.1. The average Bonchev–Trinajstić information content (AvgIpc) is 2.32. The summed E-state index contributed by atoms with van der Waals surface area (Å²) in [6, 6.07) is 0. The molecule has 2 nitrogen and oxygen atoms in total. The van der Waals surface area contributed by atoms with Crippen LogP contribution in [0.15, 0.2) is 27.9 Å². The lowest BCUT2D eigenvalue weighted by Crippen LogP contribution is -2.02. The number of allylic oxidation sites excluding steroid dienone is 3. The molecule has 2 aliphatic rings. The van der Waals surface area contributed by atoms with Gasteiger partial charge in [0.25, 0.3) is 0 Å². The number of aliphatic imine (C=N–C) groups is 1. The number of hydrogen-bond donors (Lipinski definition) is 0. The van der Waals surface area contributed by atoms with Crippen LogP contribution in [0.4, 0.5) is 0 Å². The maximum absolute atomic E-state index is 11.1. The maximum Gasteiger partial charge on any atom is 0.202 e. The van der Waals surface area contributed by atoms with E-state index in [1.54, 1.807) is 0 Å². The molecule has 0 radical (unpaired) electrons. The molecule has 2 rings (SSSR count). The summed E-state index contributed by atoms with van der Waals surface area (Å²) in [5.74, 6) is 0.101. The normalized spacial score (nSPS) is 22.3. The van der Waals surface area contributed by atoms with E-state index < -0.39 is 0 Å². The second-order valence-electron chi connectivity index (χ2n) is 2.98. The van der Waals surface area contributed by atoms with Gasteiger partial charge in [-0.15, -0.1) is 0 Å². The Morgan fingerprint density at radius 3 is 3.09 bits per heavy atom. The van der Waals surface area contributed by atoms with Gasteiger partial charge in [0.15, 0.2) is 0 Å². The van der Waals surface area contributed by atoms with E-state index in [0.29, 0.717) is 0 Å². The molecule has 0 fully saturated rings. The summed E-state index contributed by atoms with van der Waals surface area (Å²) >= 11 is 0. The van der Waals surface area contributed by atoms with Crippen LogP contribution in [0.5, 0.6) is 0 Å². The number of hydrogen-bond acceptors (Lipinski definition) is 2. The van der Waals surface area contributed by atoms with Crippen molar-refractivity contribution >= 4 is 12.0 Å². The van der Waals surface area contributed by atoms with Gasteiger partial charge in [-0.3, -0.25) is 9.79 Å². The summed E-state index contributed by atoms with van der Waals surface area (Å²) in [5, 5.41) is 0. The molecule has 0 saturated carbocycles. The fraction of sp³-hybridized carbons (Fsp3) is 0.333. The van der Waals surface area contributed by atoms with Gasteiger partial charge in [0.05, 0.1) is 11.9 Å². The van der Waals surface area contributed by atoms with Crippen LogP contribution in [0.3, 0.4) is 0 Å². The molecule has 1 aliphatic heterocycles. The SMILES string of the molecule is CC1=CC2=C(CC1)C(=O)C=N2. The topological polar surface area (TPSA) is 29.4 Å². The monoisotopic (exact) mass is 147 g/mol. The molecule has 0 bridgehead atoms. The highest BCUT2D eigenvalue weighted by Gasteiger charge is 2.20. The van der Waals surface area contributed by atoms with E-state index in [4.69, 9.17) is 0 Å². The molecule has 0 atom stereocenters. The molecule has 0 spiro atoms. The second kappa shape index (κ2) is 2.16. The third-order valence-electron chi connectivity index (χ3n) is 2.08. The average molecular weight is 147 g/mol. The summed E-state index contributed by atoms with van der Waals surface area (Å²) in [6.07, 6.45) is 5.30. The zero-order valence-electron chi connectivity index (χ0n) is 6.42. The number of carbonyl (C=O) groups is 1. The largest absolute Gasteiger partial charge is 0.288 e. The van der Waals surface area contributed by atoms with E-state index in [2.05, 4.69) is 11.9 Å². The van der Waals surface area contributed by atoms with Gasteiger partial charge in [-0.1, -0.05) is 5.57 Å². The lowest BCUT2D eigenvalue weighted by molar-refractivity contribution is -0.109. The predicted octanol–water partition coefficient (Wildman–Crippen LogP) is 1.63. The molecule has 2 heteroatoms. The van der Waals surface area contributed by atoms with Crippen LogP contribution in [-0.2, 0) is 4.79 Å². The van der Waals surface area contributed by atoms with Crippen LogP contribution < -0.4 is 0 Å². The van der Waals surface area contributed by atoms with Crippen molar-refractivity contribution in [1.82, 2.24) is 0 Å². The standard InChI is InChI=1S/C9H9NO/c1-6-2-3-7-8(4-6)10-5-9(7)11/h4-5H,2-3H2,1H3. The van der Waals surface area contributed by atoms with Crippen molar-refractivity contribution in [2.24, 2.45) is 4.99 Å². The van der Waals surface area contributed by atoms with Gasteiger partial charge < -0.3 is 0 Å². The third kappa shape index (κ3) is 0.946. The molecule has 0 N–H and O–H groups in total. The minimum Gasteiger partial charge on any atom is -0.288 e. The van der Waals surface area contributed by atoms with Crippen LogP contribution in [0.1, 0.15) is 19.8 Å². The van der Waals surface area contributed by atoms with E-state index in [1.807, 2.05) is 6.08 Å². The highest BCUT2D eigenvalue weighted by Crippen LogP contribution is 2.27. The van der Waals surface area contributed by atoms with Crippen LogP contribution in [-0.4, -0.2) is 12.0 Å². The second-order valence-corrected chi connectivity index (χ2v) is 2.98. The summed E-state index contributed by atoms with van der Waals surface area (Å²) in [5.41, 5.74) is 3.10. The van der Waals surface area contributed by atoms with Crippen LogP contribution in [0.2, 0.25) is 0 Å². The number of carbonyl (C=O) groups excluding carboxylic acids is 1. The van der Waals surface area contributed by atoms with Gasteiger partial charge in [0, 0.05) is 5.57 Å². The van der Waals surface area contributed by atoms with Crippen molar-refractivity contribution in [3.8, 4) is 0 Å². The molecule has 0 unspecified atom stereocenters. The Bertz CT molecular complexity index is 308. The minimum absolute atomic E-state index is 0.101. The Balaban J connectivity index is 2.44. The summed E-state index contributed by atoms with van der Waals surface area (Å²) in [7, 11) is 0. The molecule has 0 aromatic carbocycles. The lowest BCUT2D eigenvalue weighted by Gasteiger charge is -2.08. The fourth-order valence-corrected chi connectivity index (χ4v) is 1.41. The number of rotatable bonds is 0. The van der Waals surface area contributed by atoms with Gasteiger partial charge in [-0.25, -0.2) is 0 Å². The van der Waals surface area contributed by atoms with Crippen LogP contribution >= 0.6 is 0 Å². The molecule has 0 aromatic rings. The first-order valence-corrected chi connectivity index (χ1v) is 3.76. The van der Waals surface area contributed by atoms with E-state index in [-0.39, 0.29) is 5.78 Å². The predicted molar refractivity (Wildman–Crippen MR) is 43.5 cm³/mol. The quantitative estimate of drug-likeness (QED) is 0.512. The lowest BCUT2D eigenvalue weighted by atomic mass is 9.96. The van der Waals surface area contributed by atoms with Crippen molar-refractivity contribution in [2.75, 3.05) is 0 Å². The van der Waals surface area contributed by atoms with Gasteiger partial charge in [0.2, 0.25) is 5.78 Å². The first-order chi connectivity index (χ1) is 5.27. The number of ketones is 1. The molecule has 11 heavy (non-hydrogen) atoms. The molecule has 56 valence electrons. The van der Waals surface area contributed by atoms with Crippen LogP contribution in [0, 0.1) is 0 Å². The molecule has 0 aromatic heterocycles. The summed E-state index contributed by atoms with van der Waals surface area (Å²) in [6.45, 7) is 2.07. The van der Waals surface area contributed by atoms with E-state index in [9.17, 15) is 4.79 Å². The molecular formula is C9H9NO. The Hall–Kier alpha value is -1.18. The molecule has 0 amide bonds. The third-order valence-corrected chi connectivity index (χ3v) is 2.08. The first kappa shape index (κ1) is 6.53. The molecule has 0 saturated heterocycles. The fourth-order valence-electron chi connectivity index (χ4n) is 1.41. The maximum atomic E-state index is 11.1. The highest BCUT2D eigenvalue weighted by molar-refractivity contribution is 6.37. The highest BCUT2D eigenvalue weighted by atomic mass is 16.1. The van der Waals surface area contributed by atoms with Crippen molar-refractivity contribution in [2.45, 2.75) is 19.8 Å². The van der Waals surface area contributed by atoms with Gasteiger partial charge in [-0.05, 0) is 25.8 Å². The minimum atomic E-state index is 0.101. The Kier molecular flexibility index (Phi) is 1.28. The number of nitrogens with zero attached hydrogens (tertiary/aromatic N) is 1. The van der Waals surface area contributed by atoms with Crippen molar-refractivity contribution in [3.63, 3.8) is 0 Å². The Labute approximate surface area is 65.3 Å². The van der Waals surface area contributed by atoms with Gasteiger partial charge >= 0.3 is 0 Å². The van der Waals surface area contributed by atoms with E-state index in [0.717, 1.165) is 24.1 Å². The molecular weight excluding hydrogens is 138 g/mol. The van der Waals surface area contributed by atoms with Crippen molar-refractivity contribution in [3.05, 3.63) is 22.9 Å². The van der Waals surface area contributed by atoms with Gasteiger partial charge in [0.1, 0.15) is 0 Å². The Morgan fingerprint density at radius 2 is 2.27 bits per heavy atom. The molecule has 1 heterocycles. The Morgan fingerprint density at radius 1 is 1.45 bits per heavy atom. The zero-order valence-corrected chi connectivity index (χ0v) is 6.42. The number of Topliss-reactive ketones (excluding diaryl/α,β-unsaturated/α-hetero) is 1. The smallest absolute Gasteiger partial charge is 0.202 e. The van der Waals surface area contributed by atoms with Gasteiger partial charge in [-0.2, -0.15) is 0 Å². The van der Waals surface area contributed by atoms with Crippen molar-refractivity contribution in [1.29, 1.82) is 0 Å². The van der Waals surface area contributed by atoms with Crippen molar-refractivity contribution < 1.29 is 4.79 Å². The first-order valence-electron chi connectivity index (χ1n) is 3.76. The zero-order chi connectivity index (χ0) is 7.84.